The fraction of sp³-hybridized carbons (Fsp3) is 0.844. The van der Waals surface area contributed by atoms with Crippen molar-refractivity contribution in [2.45, 2.75) is 113 Å². The Hall–Kier alpha value is -1.65. The zero-order chi connectivity index (χ0) is 27.2. The third kappa shape index (κ3) is 3.50. The Balaban J connectivity index is 1.55. The third-order valence-electron chi connectivity index (χ3n) is 13.2. The minimum Gasteiger partial charge on any atom is -0.481 e. The van der Waals surface area contributed by atoms with Gasteiger partial charge in [-0.2, -0.15) is 0 Å². The van der Waals surface area contributed by atoms with Crippen LogP contribution in [0.25, 0.3) is 0 Å². The molecule has 5 aliphatic rings. The number of ketones is 1. The van der Waals surface area contributed by atoms with Crippen molar-refractivity contribution in [3.8, 4) is 0 Å². The van der Waals surface area contributed by atoms with Crippen LogP contribution in [0.15, 0.2) is 11.6 Å². The van der Waals surface area contributed by atoms with E-state index >= 15 is 0 Å². The van der Waals surface area contributed by atoms with Crippen LogP contribution in [0.4, 0.5) is 0 Å². The van der Waals surface area contributed by atoms with E-state index in [1.54, 1.807) is 0 Å². The summed E-state index contributed by atoms with van der Waals surface area (Å²) in [5.41, 5.74) is 0.0761. The van der Waals surface area contributed by atoms with Crippen molar-refractivity contribution in [1.82, 2.24) is 0 Å². The normalized spacial score (nSPS) is 48.5. The predicted octanol–water partition coefficient (Wildman–Crippen LogP) is 6.99. The van der Waals surface area contributed by atoms with Gasteiger partial charge in [-0.25, -0.2) is 0 Å². The van der Waals surface area contributed by atoms with E-state index in [1.165, 1.54) is 12.5 Å². The molecule has 1 N–H and O–H groups in total. The summed E-state index contributed by atoms with van der Waals surface area (Å²) < 4.78 is 5.51. The molecule has 37 heavy (non-hydrogen) atoms. The summed E-state index contributed by atoms with van der Waals surface area (Å²) in [5, 5.41) is 10.5. The lowest BCUT2D eigenvalue weighted by atomic mass is 9.32. The number of carbonyl (C=O) groups is 3. The summed E-state index contributed by atoms with van der Waals surface area (Å²) in [6, 6.07) is 0. The molecule has 0 amide bonds. The van der Waals surface area contributed by atoms with Gasteiger partial charge in [-0.3, -0.25) is 14.4 Å². The highest BCUT2D eigenvalue weighted by atomic mass is 16.5. The molecule has 0 aromatic heterocycles. The molecular weight excluding hydrogens is 464 g/mol. The maximum atomic E-state index is 13.3. The van der Waals surface area contributed by atoms with E-state index in [9.17, 15) is 19.5 Å². The van der Waals surface area contributed by atoms with Crippen LogP contribution in [0.1, 0.15) is 113 Å². The summed E-state index contributed by atoms with van der Waals surface area (Å²) >= 11 is 0. The van der Waals surface area contributed by atoms with Gasteiger partial charge < -0.3 is 9.84 Å². The fourth-order valence-electron chi connectivity index (χ4n) is 10.8. The van der Waals surface area contributed by atoms with Crippen LogP contribution >= 0.6 is 0 Å². The largest absolute Gasteiger partial charge is 0.481 e. The highest BCUT2D eigenvalue weighted by Gasteiger charge is 2.70. The number of aliphatic carboxylic acids is 1. The lowest BCUT2D eigenvalue weighted by molar-refractivity contribution is -0.219. The zero-order valence-corrected chi connectivity index (χ0v) is 24.2. The van der Waals surface area contributed by atoms with Crippen molar-refractivity contribution in [3.63, 3.8) is 0 Å². The van der Waals surface area contributed by atoms with Crippen LogP contribution in [0, 0.1) is 50.2 Å². The smallest absolute Gasteiger partial charge is 0.313 e. The number of rotatable bonds is 3. The third-order valence-corrected chi connectivity index (χ3v) is 13.2. The second kappa shape index (κ2) is 8.18. The standard InChI is InChI=1S/C32H48O5/c1-20(33)37-19-29(5)23-10-13-31(7)24(28(23,4)12-11-25(29)34)9-8-21-22-18-27(2,3)14-16-32(22,26(35)36)17-15-30(21,31)6/h18,21,23-24H,8-17,19H2,1-7H3,(H,35,36). The average Bonchev–Trinajstić information content (AvgIpc) is 2.80. The number of carboxylic acids is 1. The van der Waals surface area contributed by atoms with Crippen molar-refractivity contribution in [2.75, 3.05) is 6.61 Å². The number of hydrogen-bond donors (Lipinski definition) is 1. The molecule has 5 heteroatoms. The molecule has 0 aromatic carbocycles. The molecule has 4 saturated carbocycles. The maximum Gasteiger partial charge on any atom is 0.313 e. The summed E-state index contributed by atoms with van der Waals surface area (Å²) in [6.07, 6.45) is 11.3. The minimum atomic E-state index is -0.691. The Morgan fingerprint density at radius 2 is 1.57 bits per heavy atom. The second-order valence-electron chi connectivity index (χ2n) is 15.2. The van der Waals surface area contributed by atoms with Crippen molar-refractivity contribution >= 4 is 17.7 Å². The van der Waals surface area contributed by atoms with Gasteiger partial charge in [-0.15, -0.1) is 0 Å². The quantitative estimate of drug-likeness (QED) is 0.326. The van der Waals surface area contributed by atoms with Crippen molar-refractivity contribution in [2.24, 2.45) is 50.2 Å². The molecule has 0 aromatic rings. The molecular formula is C32H48O5. The van der Waals surface area contributed by atoms with Crippen LogP contribution in [-0.2, 0) is 19.1 Å². The molecule has 0 spiro atoms. The Labute approximate surface area is 223 Å². The maximum absolute atomic E-state index is 13.3. The lowest BCUT2D eigenvalue weighted by Gasteiger charge is -2.71. The van der Waals surface area contributed by atoms with Gasteiger partial charge in [0.2, 0.25) is 0 Å². The Morgan fingerprint density at radius 1 is 0.892 bits per heavy atom. The SMILES string of the molecule is CC(=O)OCC1(C)C(=O)CCC2(C)C1CCC1(C)C2CCC2C3=CC(C)(C)CCC3(C(=O)O)CCC21C. The predicted molar refractivity (Wildman–Crippen MR) is 143 cm³/mol. The lowest BCUT2D eigenvalue weighted by Crippen LogP contribution is -2.66. The van der Waals surface area contributed by atoms with E-state index < -0.39 is 16.8 Å². The Morgan fingerprint density at radius 3 is 2.22 bits per heavy atom. The first-order chi connectivity index (χ1) is 17.1. The number of carboxylic acid groups (broad SMARTS) is 1. The molecule has 5 nitrogen and oxygen atoms in total. The first kappa shape index (κ1) is 26.9. The number of allylic oxidation sites excluding steroid dienone is 1. The van der Waals surface area contributed by atoms with E-state index in [0.29, 0.717) is 18.3 Å². The van der Waals surface area contributed by atoms with Gasteiger partial charge in [0.15, 0.2) is 0 Å². The first-order valence-electron chi connectivity index (χ1n) is 14.7. The van der Waals surface area contributed by atoms with Crippen LogP contribution in [0.5, 0.6) is 0 Å². The van der Waals surface area contributed by atoms with Gasteiger partial charge in [0.1, 0.15) is 12.4 Å². The molecule has 5 rings (SSSR count). The molecule has 0 heterocycles. The van der Waals surface area contributed by atoms with Gasteiger partial charge in [0.25, 0.3) is 0 Å². The topological polar surface area (TPSA) is 80.7 Å². The van der Waals surface area contributed by atoms with Gasteiger partial charge >= 0.3 is 11.9 Å². The molecule has 0 saturated heterocycles. The number of fused-ring (bicyclic) bond motifs is 7. The highest BCUT2D eigenvalue weighted by Crippen LogP contribution is 2.76. The van der Waals surface area contributed by atoms with E-state index in [4.69, 9.17) is 4.74 Å². The van der Waals surface area contributed by atoms with Crippen LogP contribution in [0.3, 0.4) is 0 Å². The summed E-state index contributed by atoms with van der Waals surface area (Å²) in [6.45, 7) is 15.6. The number of ether oxygens (including phenoxy) is 1. The summed E-state index contributed by atoms with van der Waals surface area (Å²) in [4.78, 5) is 37.8. The Bertz CT molecular complexity index is 1060. The van der Waals surface area contributed by atoms with Crippen LogP contribution in [0.2, 0.25) is 0 Å². The number of hydrogen-bond acceptors (Lipinski definition) is 4. The fourth-order valence-corrected chi connectivity index (χ4v) is 10.8. The van der Waals surface area contributed by atoms with E-state index in [-0.39, 0.29) is 45.9 Å². The molecule has 0 radical (unpaired) electrons. The average molecular weight is 513 g/mol. The van der Waals surface area contributed by atoms with Crippen molar-refractivity contribution in [3.05, 3.63) is 11.6 Å². The summed E-state index contributed by atoms with van der Waals surface area (Å²) in [5.74, 6) is 0.288. The van der Waals surface area contributed by atoms with E-state index in [1.807, 2.05) is 6.92 Å². The minimum absolute atomic E-state index is 0.00530. The molecule has 4 fully saturated rings. The highest BCUT2D eigenvalue weighted by molar-refractivity contribution is 5.86. The Kier molecular flexibility index (Phi) is 5.95. The van der Waals surface area contributed by atoms with Gasteiger partial charge in [-0.05, 0) is 104 Å². The van der Waals surface area contributed by atoms with Crippen LogP contribution in [-0.4, -0.2) is 29.4 Å². The zero-order valence-electron chi connectivity index (χ0n) is 24.2. The van der Waals surface area contributed by atoms with Crippen LogP contribution < -0.4 is 0 Å². The second-order valence-corrected chi connectivity index (χ2v) is 15.2. The van der Waals surface area contributed by atoms with Crippen molar-refractivity contribution in [1.29, 1.82) is 0 Å². The number of Topliss-reactive ketones (excluding diaryl/α,β-unsaturated/α-hetero) is 1. The van der Waals surface area contributed by atoms with Crippen molar-refractivity contribution < 1.29 is 24.2 Å². The molecule has 8 atom stereocenters. The van der Waals surface area contributed by atoms with Gasteiger partial charge in [0, 0.05) is 13.3 Å². The van der Waals surface area contributed by atoms with Gasteiger partial charge in [0.05, 0.1) is 10.8 Å². The van der Waals surface area contributed by atoms with Gasteiger partial charge in [-0.1, -0.05) is 46.3 Å². The number of esters is 1. The molecule has 8 unspecified atom stereocenters. The molecule has 0 bridgehead atoms. The molecule has 5 aliphatic carbocycles. The van der Waals surface area contributed by atoms with E-state index in [2.05, 4.69) is 40.7 Å². The van der Waals surface area contributed by atoms with E-state index in [0.717, 1.165) is 57.8 Å². The molecule has 206 valence electrons. The first-order valence-corrected chi connectivity index (χ1v) is 14.7. The molecule has 0 aliphatic heterocycles. The monoisotopic (exact) mass is 512 g/mol. The number of carbonyl (C=O) groups excluding carboxylic acids is 2. The summed E-state index contributed by atoms with van der Waals surface area (Å²) in [7, 11) is 0.